The van der Waals surface area contributed by atoms with Crippen molar-refractivity contribution in [1.29, 1.82) is 0 Å². The molecule has 4 aromatic carbocycles. The van der Waals surface area contributed by atoms with Gasteiger partial charge in [-0.3, -0.25) is 4.79 Å². The number of hydrogen-bond acceptors (Lipinski definition) is 6. The first-order valence-corrected chi connectivity index (χ1v) is 9.53. The average molecular weight is 413 g/mol. The number of rotatable bonds is 6. The first-order chi connectivity index (χ1) is 15.1. The van der Waals surface area contributed by atoms with Crippen LogP contribution in [0.3, 0.4) is 0 Å². The fraction of sp³-hybridized carbons (Fsp3) is 0.0800. The molecule has 0 fully saturated rings. The average Bonchev–Trinajstić information content (AvgIpc) is 2.82. The molecule has 0 amide bonds. The maximum atomic E-state index is 13.3. The van der Waals surface area contributed by atoms with Crippen molar-refractivity contribution in [2.45, 2.75) is 0 Å². The molecule has 1 N–H and O–H groups in total. The molecular formula is C25H19NO5. The number of fused-ring (bicyclic) bond motifs is 2. The summed E-state index contributed by atoms with van der Waals surface area (Å²) in [6.45, 7) is 0. The Balaban J connectivity index is 1.92. The fourth-order valence-electron chi connectivity index (χ4n) is 3.75. The molecule has 6 heteroatoms. The maximum Gasteiger partial charge on any atom is 0.219 e. The first kappa shape index (κ1) is 20.1. The molecule has 0 spiro atoms. The lowest BCUT2D eigenvalue weighted by atomic mass is 9.96. The third-order valence-corrected chi connectivity index (χ3v) is 5.24. The van der Waals surface area contributed by atoms with Crippen LogP contribution in [0.15, 0.2) is 83.7 Å². The summed E-state index contributed by atoms with van der Waals surface area (Å²) in [5.41, 5.74) is -0.00169. The number of aliphatic hydroxyl groups excluding tert-OH is 1. The molecule has 0 bridgehead atoms. The number of allylic oxidation sites excluding steroid dienone is 1. The lowest BCUT2D eigenvalue weighted by molar-refractivity contribution is 0.103. The van der Waals surface area contributed by atoms with Crippen LogP contribution < -0.4 is 9.47 Å². The summed E-state index contributed by atoms with van der Waals surface area (Å²) in [7, 11) is 3.09. The SMILES string of the molecule is COc1ccc(C(=O)C(N=O)=C(O)c2ccc(OC)c3ccccc23)c2ccccc12. The topological polar surface area (TPSA) is 85.2 Å². The zero-order chi connectivity index (χ0) is 22.0. The van der Waals surface area contributed by atoms with Crippen LogP contribution in [0.25, 0.3) is 27.3 Å². The summed E-state index contributed by atoms with van der Waals surface area (Å²) in [4.78, 5) is 25.0. The third kappa shape index (κ3) is 3.38. The minimum Gasteiger partial charge on any atom is -0.505 e. The Labute approximate surface area is 178 Å². The number of aliphatic hydroxyl groups is 1. The quantitative estimate of drug-likeness (QED) is 0.184. The summed E-state index contributed by atoms with van der Waals surface area (Å²) in [5, 5.41) is 16.5. The van der Waals surface area contributed by atoms with Crippen molar-refractivity contribution in [3.63, 3.8) is 0 Å². The summed E-state index contributed by atoms with van der Waals surface area (Å²) >= 11 is 0. The minimum absolute atomic E-state index is 0.246. The van der Waals surface area contributed by atoms with Gasteiger partial charge in [-0.05, 0) is 40.2 Å². The van der Waals surface area contributed by atoms with Gasteiger partial charge in [0.25, 0.3) is 0 Å². The van der Waals surface area contributed by atoms with Crippen LogP contribution >= 0.6 is 0 Å². The van der Waals surface area contributed by atoms with Crippen molar-refractivity contribution >= 4 is 33.1 Å². The molecule has 0 saturated heterocycles. The Kier molecular flexibility index (Phi) is 5.37. The summed E-state index contributed by atoms with van der Waals surface area (Å²) in [6.07, 6.45) is 0. The standard InChI is InChI=1S/C25H19NO5/c1-30-21-13-11-19(15-7-3-5-9-17(15)21)24(27)23(26-29)25(28)20-12-14-22(31-2)18-10-6-4-8-16(18)20/h3-14,27H,1-2H3. The number of benzene rings is 4. The van der Waals surface area contributed by atoms with E-state index in [4.69, 9.17) is 9.47 Å². The zero-order valence-electron chi connectivity index (χ0n) is 17.0. The molecule has 31 heavy (non-hydrogen) atoms. The van der Waals surface area contributed by atoms with Gasteiger partial charge >= 0.3 is 0 Å². The highest BCUT2D eigenvalue weighted by atomic mass is 16.5. The van der Waals surface area contributed by atoms with E-state index in [1.165, 1.54) is 0 Å². The molecule has 0 unspecified atom stereocenters. The molecule has 0 heterocycles. The number of hydrogen-bond donors (Lipinski definition) is 1. The van der Waals surface area contributed by atoms with E-state index in [9.17, 15) is 14.8 Å². The number of ketones is 1. The predicted molar refractivity (Wildman–Crippen MR) is 121 cm³/mol. The molecule has 0 aromatic heterocycles. The Morgan fingerprint density at radius 2 is 1.16 bits per heavy atom. The Hall–Kier alpha value is -4.19. The Bertz CT molecular complexity index is 1360. The second-order valence-electron chi connectivity index (χ2n) is 6.84. The monoisotopic (exact) mass is 413 g/mol. The second kappa shape index (κ2) is 8.28. The van der Waals surface area contributed by atoms with Crippen molar-refractivity contribution in [2.75, 3.05) is 14.2 Å². The van der Waals surface area contributed by atoms with Gasteiger partial charge in [0.15, 0.2) is 11.5 Å². The van der Waals surface area contributed by atoms with Crippen LogP contribution in [0.5, 0.6) is 11.5 Å². The molecule has 154 valence electrons. The lowest BCUT2D eigenvalue weighted by Crippen LogP contribution is -2.06. The molecule has 0 aliphatic rings. The Morgan fingerprint density at radius 3 is 1.65 bits per heavy atom. The van der Waals surface area contributed by atoms with Gasteiger partial charge in [0.1, 0.15) is 11.5 Å². The van der Waals surface area contributed by atoms with Crippen LogP contribution in [0, 0.1) is 4.91 Å². The van der Waals surface area contributed by atoms with Gasteiger partial charge in [-0.1, -0.05) is 48.5 Å². The van der Waals surface area contributed by atoms with Crippen LogP contribution in [0.1, 0.15) is 15.9 Å². The van der Waals surface area contributed by atoms with Crippen LogP contribution in [-0.4, -0.2) is 25.1 Å². The molecule has 6 nitrogen and oxygen atoms in total. The van der Waals surface area contributed by atoms with Crippen molar-refractivity contribution < 1.29 is 19.4 Å². The predicted octanol–water partition coefficient (Wildman–Crippen LogP) is 5.89. The van der Waals surface area contributed by atoms with E-state index in [1.54, 1.807) is 62.8 Å². The Morgan fingerprint density at radius 1 is 0.710 bits per heavy atom. The summed E-state index contributed by atoms with van der Waals surface area (Å²) < 4.78 is 10.7. The van der Waals surface area contributed by atoms with E-state index in [0.717, 1.165) is 10.8 Å². The normalized spacial score (nSPS) is 11.8. The smallest absolute Gasteiger partial charge is 0.219 e. The fourth-order valence-corrected chi connectivity index (χ4v) is 3.75. The van der Waals surface area contributed by atoms with E-state index < -0.39 is 17.2 Å². The van der Waals surface area contributed by atoms with Crippen molar-refractivity contribution in [1.82, 2.24) is 0 Å². The van der Waals surface area contributed by atoms with Crippen LogP contribution in [0.4, 0.5) is 0 Å². The number of carbonyl (C=O) groups excluding carboxylic acids is 1. The molecule has 0 aliphatic heterocycles. The van der Waals surface area contributed by atoms with Gasteiger partial charge in [-0.15, -0.1) is 4.91 Å². The minimum atomic E-state index is -0.675. The van der Waals surface area contributed by atoms with Gasteiger partial charge in [0.2, 0.25) is 5.78 Å². The number of nitrogens with zero attached hydrogens (tertiary/aromatic N) is 1. The van der Waals surface area contributed by atoms with E-state index in [1.807, 2.05) is 24.3 Å². The molecule has 0 aliphatic carbocycles. The van der Waals surface area contributed by atoms with E-state index >= 15 is 0 Å². The van der Waals surface area contributed by atoms with E-state index in [2.05, 4.69) is 5.18 Å². The van der Waals surface area contributed by atoms with Crippen molar-refractivity contribution in [3.8, 4) is 11.5 Å². The number of carbonyl (C=O) groups is 1. The number of ether oxygens (including phenoxy) is 2. The number of nitroso groups, excluding NO2 is 1. The first-order valence-electron chi connectivity index (χ1n) is 9.53. The largest absolute Gasteiger partial charge is 0.505 e. The van der Waals surface area contributed by atoms with Crippen molar-refractivity contribution in [3.05, 3.63) is 94.5 Å². The molecule has 0 radical (unpaired) electrons. The molecule has 4 aromatic rings. The van der Waals surface area contributed by atoms with Crippen LogP contribution in [-0.2, 0) is 0 Å². The molecule has 0 saturated carbocycles. The highest BCUT2D eigenvalue weighted by Crippen LogP contribution is 2.34. The van der Waals surface area contributed by atoms with E-state index in [-0.39, 0.29) is 5.56 Å². The summed E-state index contributed by atoms with van der Waals surface area (Å²) in [6, 6.07) is 20.9. The zero-order valence-corrected chi connectivity index (χ0v) is 17.0. The van der Waals surface area contributed by atoms with Crippen molar-refractivity contribution in [2.24, 2.45) is 5.18 Å². The van der Waals surface area contributed by atoms with Gasteiger partial charge in [-0.2, -0.15) is 0 Å². The van der Waals surface area contributed by atoms with Gasteiger partial charge in [0.05, 0.1) is 14.2 Å². The number of methoxy groups -OCH3 is 2. The second-order valence-corrected chi connectivity index (χ2v) is 6.84. The molecule has 0 atom stereocenters. The lowest BCUT2D eigenvalue weighted by Gasteiger charge is -2.12. The van der Waals surface area contributed by atoms with Gasteiger partial charge < -0.3 is 14.6 Å². The van der Waals surface area contributed by atoms with E-state index in [0.29, 0.717) is 27.8 Å². The summed E-state index contributed by atoms with van der Waals surface area (Å²) in [5.74, 6) is 0.0485. The number of Topliss-reactive ketones (excluding diaryl/α,β-unsaturated/α-hetero) is 1. The molecular weight excluding hydrogens is 394 g/mol. The highest BCUT2D eigenvalue weighted by Gasteiger charge is 2.23. The van der Waals surface area contributed by atoms with Crippen LogP contribution in [0.2, 0.25) is 0 Å². The molecule has 4 rings (SSSR count). The maximum absolute atomic E-state index is 13.3. The van der Waals surface area contributed by atoms with Gasteiger partial charge in [0, 0.05) is 21.9 Å². The third-order valence-electron chi connectivity index (χ3n) is 5.24. The highest BCUT2D eigenvalue weighted by molar-refractivity contribution is 6.19. The van der Waals surface area contributed by atoms with Gasteiger partial charge in [-0.25, -0.2) is 0 Å².